The number of H-pyrrole nitrogens is 1. The molecule has 6 heteroatoms. The monoisotopic (exact) mass is 460 g/mol. The van der Waals surface area contributed by atoms with Gasteiger partial charge in [0.2, 0.25) is 0 Å². The van der Waals surface area contributed by atoms with Crippen molar-refractivity contribution in [1.29, 1.82) is 0 Å². The Labute approximate surface area is 196 Å². The van der Waals surface area contributed by atoms with Crippen LogP contribution in [0.4, 0.5) is 4.39 Å². The number of fused-ring (bicyclic) bond motifs is 1. The molecule has 166 valence electrons. The van der Waals surface area contributed by atoms with Crippen LogP contribution in [0.3, 0.4) is 0 Å². The van der Waals surface area contributed by atoms with Gasteiger partial charge < -0.3 is 4.74 Å². The number of allylic oxidation sites excluding steroid dienone is 1. The summed E-state index contributed by atoms with van der Waals surface area (Å²) in [4.78, 5) is 12.1. The number of carbonyl (C=O) groups is 1. The van der Waals surface area contributed by atoms with Gasteiger partial charge in [0.25, 0.3) is 0 Å². The third-order valence-electron chi connectivity index (χ3n) is 5.33. The van der Waals surface area contributed by atoms with Gasteiger partial charge in [0.1, 0.15) is 11.6 Å². The van der Waals surface area contributed by atoms with E-state index in [9.17, 15) is 9.18 Å². The van der Waals surface area contributed by atoms with E-state index >= 15 is 0 Å². The molecule has 0 bridgehead atoms. The van der Waals surface area contributed by atoms with E-state index in [-0.39, 0.29) is 5.92 Å². The number of aromatic nitrogens is 2. The molecule has 4 aromatic rings. The van der Waals surface area contributed by atoms with E-state index in [1.807, 2.05) is 44.2 Å². The van der Waals surface area contributed by atoms with Crippen molar-refractivity contribution in [3.63, 3.8) is 0 Å². The van der Waals surface area contributed by atoms with E-state index in [2.05, 4.69) is 16.8 Å². The van der Waals surface area contributed by atoms with Crippen molar-refractivity contribution in [2.45, 2.75) is 13.8 Å². The molecule has 0 spiro atoms. The van der Waals surface area contributed by atoms with Crippen molar-refractivity contribution in [1.82, 2.24) is 10.2 Å². The number of benzene rings is 3. The molecule has 0 saturated heterocycles. The number of carbonyl (C=O) groups excluding carboxylic acids is 1. The number of aromatic amines is 1. The summed E-state index contributed by atoms with van der Waals surface area (Å²) in [6.45, 7) is 7.59. The number of nitrogens with one attached hydrogen (secondary N) is 1. The SMILES string of the molecule is C=CC(=O)Oc1ccccc1/C(=C(/c1ccc(F)cc1Cl)C(C)C)c1ccc2[nH]ncc2c1. The van der Waals surface area contributed by atoms with Crippen molar-refractivity contribution in [3.8, 4) is 5.75 Å². The van der Waals surface area contributed by atoms with E-state index in [0.29, 0.717) is 21.9 Å². The molecule has 1 heterocycles. The lowest BCUT2D eigenvalue weighted by Gasteiger charge is -2.22. The number of esters is 1. The number of hydrogen-bond donors (Lipinski definition) is 1. The molecule has 0 atom stereocenters. The second-order valence-corrected chi connectivity index (χ2v) is 8.27. The van der Waals surface area contributed by atoms with Gasteiger partial charge >= 0.3 is 5.97 Å². The molecule has 1 aromatic heterocycles. The van der Waals surface area contributed by atoms with Gasteiger partial charge in [-0.3, -0.25) is 5.10 Å². The molecule has 0 saturated carbocycles. The zero-order chi connectivity index (χ0) is 23.5. The lowest BCUT2D eigenvalue weighted by atomic mass is 9.83. The molecule has 0 aliphatic rings. The van der Waals surface area contributed by atoms with Gasteiger partial charge in [-0.15, -0.1) is 0 Å². The summed E-state index contributed by atoms with van der Waals surface area (Å²) in [5.74, 6) is -0.571. The van der Waals surface area contributed by atoms with Crippen LogP contribution in [0.1, 0.15) is 30.5 Å². The minimum Gasteiger partial charge on any atom is -0.423 e. The van der Waals surface area contributed by atoms with Gasteiger partial charge in [0.05, 0.1) is 16.7 Å². The fraction of sp³-hybridized carbons (Fsp3) is 0.111. The van der Waals surface area contributed by atoms with Crippen LogP contribution in [0.25, 0.3) is 22.0 Å². The molecule has 3 aromatic carbocycles. The Morgan fingerprint density at radius 1 is 1.12 bits per heavy atom. The third kappa shape index (κ3) is 4.59. The highest BCUT2D eigenvalue weighted by atomic mass is 35.5. The van der Waals surface area contributed by atoms with Crippen LogP contribution >= 0.6 is 11.6 Å². The first kappa shape index (κ1) is 22.5. The van der Waals surface area contributed by atoms with Crippen molar-refractivity contribution in [2.75, 3.05) is 0 Å². The van der Waals surface area contributed by atoms with Crippen LogP contribution < -0.4 is 4.74 Å². The summed E-state index contributed by atoms with van der Waals surface area (Å²) in [7, 11) is 0. The molecule has 0 amide bonds. The van der Waals surface area contributed by atoms with Crippen LogP contribution in [-0.4, -0.2) is 16.2 Å². The molecule has 0 aliphatic carbocycles. The van der Waals surface area contributed by atoms with Gasteiger partial charge in [-0.25, -0.2) is 9.18 Å². The first-order chi connectivity index (χ1) is 15.9. The van der Waals surface area contributed by atoms with Crippen LogP contribution in [0.5, 0.6) is 5.75 Å². The standard InChI is InChI=1S/C27H22ClFN2O2/c1-4-25(32)33-24-8-6-5-7-21(24)27(17-9-12-23-18(13-17)15-30-31-23)26(16(2)3)20-11-10-19(29)14-22(20)28/h4-16H,1H2,2-3H3,(H,30,31)/b27-26+. The Kier molecular flexibility index (Phi) is 6.43. The van der Waals surface area contributed by atoms with Crippen LogP contribution in [0.15, 0.2) is 79.5 Å². The molecular formula is C27H22ClFN2O2. The van der Waals surface area contributed by atoms with E-state index < -0.39 is 11.8 Å². The van der Waals surface area contributed by atoms with Crippen LogP contribution in [-0.2, 0) is 4.79 Å². The first-order valence-corrected chi connectivity index (χ1v) is 10.8. The molecular weight excluding hydrogens is 439 g/mol. The second kappa shape index (κ2) is 9.43. The van der Waals surface area contributed by atoms with Gasteiger partial charge in [-0.1, -0.05) is 62.4 Å². The van der Waals surface area contributed by atoms with E-state index in [1.165, 1.54) is 12.1 Å². The highest BCUT2D eigenvalue weighted by Gasteiger charge is 2.22. The molecule has 1 N–H and O–H groups in total. The van der Waals surface area contributed by atoms with Crippen LogP contribution in [0, 0.1) is 11.7 Å². The maximum atomic E-state index is 13.9. The maximum absolute atomic E-state index is 13.9. The maximum Gasteiger partial charge on any atom is 0.335 e. The zero-order valence-corrected chi connectivity index (χ0v) is 19.0. The van der Waals surface area contributed by atoms with Crippen LogP contribution in [0.2, 0.25) is 5.02 Å². The second-order valence-electron chi connectivity index (χ2n) is 7.86. The summed E-state index contributed by atoms with van der Waals surface area (Å²) in [5, 5.41) is 8.32. The topological polar surface area (TPSA) is 55.0 Å². The zero-order valence-electron chi connectivity index (χ0n) is 18.2. The summed E-state index contributed by atoms with van der Waals surface area (Å²) >= 11 is 6.52. The third-order valence-corrected chi connectivity index (χ3v) is 5.64. The van der Waals surface area contributed by atoms with E-state index in [1.54, 1.807) is 24.4 Å². The Hall–Kier alpha value is -3.70. The minimum absolute atomic E-state index is 0.00571. The lowest BCUT2D eigenvalue weighted by molar-refractivity contribution is -0.128. The average Bonchev–Trinajstić information content (AvgIpc) is 3.26. The average molecular weight is 461 g/mol. The Morgan fingerprint density at radius 2 is 1.91 bits per heavy atom. The molecule has 0 fully saturated rings. The number of para-hydroxylation sites is 1. The minimum atomic E-state index is -0.557. The molecule has 33 heavy (non-hydrogen) atoms. The summed E-state index contributed by atoms with van der Waals surface area (Å²) in [5.41, 5.74) is 4.92. The lowest BCUT2D eigenvalue weighted by Crippen LogP contribution is -2.07. The number of ether oxygens (including phenoxy) is 1. The predicted octanol–water partition coefficient (Wildman–Crippen LogP) is 7.06. The molecule has 4 rings (SSSR count). The highest BCUT2D eigenvalue weighted by Crippen LogP contribution is 2.42. The largest absolute Gasteiger partial charge is 0.423 e. The van der Waals surface area contributed by atoms with Gasteiger partial charge in [0, 0.05) is 17.0 Å². The Balaban J connectivity index is 2.09. The van der Waals surface area contributed by atoms with Gasteiger partial charge in [-0.05, 0) is 58.5 Å². The molecule has 0 aliphatic heterocycles. The Morgan fingerprint density at radius 3 is 2.64 bits per heavy atom. The number of halogens is 2. The Bertz CT molecular complexity index is 1390. The highest BCUT2D eigenvalue weighted by molar-refractivity contribution is 6.32. The number of rotatable bonds is 6. The summed E-state index contributed by atoms with van der Waals surface area (Å²) in [6, 6.07) is 17.6. The van der Waals surface area contributed by atoms with Crippen molar-refractivity contribution < 1.29 is 13.9 Å². The van der Waals surface area contributed by atoms with Crippen molar-refractivity contribution in [2.24, 2.45) is 5.92 Å². The molecule has 0 unspecified atom stereocenters. The van der Waals surface area contributed by atoms with Crippen molar-refractivity contribution >= 4 is 39.6 Å². The number of hydrogen-bond acceptors (Lipinski definition) is 3. The fourth-order valence-electron chi connectivity index (χ4n) is 3.91. The summed E-state index contributed by atoms with van der Waals surface area (Å²) < 4.78 is 19.4. The summed E-state index contributed by atoms with van der Waals surface area (Å²) in [6.07, 6.45) is 2.87. The van der Waals surface area contributed by atoms with Gasteiger partial charge in [-0.2, -0.15) is 5.10 Å². The van der Waals surface area contributed by atoms with E-state index in [4.69, 9.17) is 16.3 Å². The normalized spacial score (nSPS) is 12.0. The van der Waals surface area contributed by atoms with Crippen molar-refractivity contribution in [3.05, 3.63) is 107 Å². The number of nitrogens with zero attached hydrogens (tertiary/aromatic N) is 1. The molecule has 4 nitrogen and oxygen atoms in total. The first-order valence-electron chi connectivity index (χ1n) is 10.5. The van der Waals surface area contributed by atoms with E-state index in [0.717, 1.165) is 33.7 Å². The fourth-order valence-corrected chi connectivity index (χ4v) is 4.18. The molecule has 0 radical (unpaired) electrons. The predicted molar refractivity (Wildman–Crippen MR) is 131 cm³/mol. The van der Waals surface area contributed by atoms with Gasteiger partial charge in [0.15, 0.2) is 0 Å². The quantitative estimate of drug-likeness (QED) is 0.145. The smallest absolute Gasteiger partial charge is 0.335 e.